The molecule has 1 amide bonds. The van der Waals surface area contributed by atoms with Crippen molar-refractivity contribution in [2.75, 3.05) is 13.1 Å². The highest BCUT2D eigenvalue weighted by atomic mass is 16.2. The summed E-state index contributed by atoms with van der Waals surface area (Å²) >= 11 is 0. The van der Waals surface area contributed by atoms with Gasteiger partial charge in [-0.3, -0.25) is 4.79 Å². The largest absolute Gasteiger partial charge is 0.351 e. The second-order valence-corrected chi connectivity index (χ2v) is 5.41. The fraction of sp³-hybridized carbons (Fsp3) is 0.438. The second-order valence-electron chi connectivity index (χ2n) is 5.41. The van der Waals surface area contributed by atoms with Crippen LogP contribution in [0.2, 0.25) is 0 Å². The normalized spacial score (nSPS) is 15.3. The Kier molecular flexibility index (Phi) is 3.28. The van der Waals surface area contributed by atoms with E-state index in [1.54, 1.807) is 0 Å². The fourth-order valence-electron chi connectivity index (χ4n) is 2.86. The van der Waals surface area contributed by atoms with Crippen molar-refractivity contribution in [2.24, 2.45) is 7.05 Å². The Morgan fingerprint density at radius 3 is 2.79 bits per heavy atom. The van der Waals surface area contributed by atoms with Crippen LogP contribution < -0.4 is 0 Å². The van der Waals surface area contributed by atoms with Crippen LogP contribution in [0.25, 0.3) is 10.9 Å². The lowest BCUT2D eigenvalue weighted by Gasteiger charge is -2.14. The topological polar surface area (TPSA) is 25.2 Å². The lowest BCUT2D eigenvalue weighted by molar-refractivity contribution is -0.130. The monoisotopic (exact) mass is 256 g/mol. The molecular formula is C16H20N2O. The lowest BCUT2D eigenvalue weighted by Crippen LogP contribution is -2.27. The fourth-order valence-corrected chi connectivity index (χ4v) is 2.86. The van der Waals surface area contributed by atoms with Gasteiger partial charge in [0.25, 0.3) is 0 Å². The third-order valence-corrected chi connectivity index (χ3v) is 4.04. The molecule has 1 aliphatic rings. The van der Waals surface area contributed by atoms with Crippen LogP contribution in [0.3, 0.4) is 0 Å². The number of amides is 1. The van der Waals surface area contributed by atoms with Crippen LogP contribution >= 0.6 is 0 Å². The van der Waals surface area contributed by atoms with Crippen LogP contribution in [-0.4, -0.2) is 28.5 Å². The van der Waals surface area contributed by atoms with Gasteiger partial charge in [0, 0.05) is 38.3 Å². The van der Waals surface area contributed by atoms with Crippen LogP contribution in [0, 0.1) is 0 Å². The van der Waals surface area contributed by atoms with Gasteiger partial charge in [-0.1, -0.05) is 6.07 Å². The quantitative estimate of drug-likeness (QED) is 0.829. The Morgan fingerprint density at radius 1 is 1.21 bits per heavy atom. The molecule has 3 nitrogen and oxygen atoms in total. The Labute approximate surface area is 113 Å². The Bertz CT molecular complexity index is 594. The number of aromatic nitrogens is 1. The van der Waals surface area contributed by atoms with E-state index in [9.17, 15) is 4.79 Å². The number of likely N-dealkylation sites (tertiary alicyclic amines) is 1. The van der Waals surface area contributed by atoms with Crippen molar-refractivity contribution >= 4 is 16.8 Å². The van der Waals surface area contributed by atoms with Crippen LogP contribution in [0.15, 0.2) is 30.5 Å². The summed E-state index contributed by atoms with van der Waals surface area (Å²) in [4.78, 5) is 14.0. The van der Waals surface area contributed by atoms with Gasteiger partial charge in [0.2, 0.25) is 5.91 Å². The highest BCUT2D eigenvalue weighted by molar-refractivity contribution is 5.81. The summed E-state index contributed by atoms with van der Waals surface area (Å²) in [5, 5.41) is 1.26. The van der Waals surface area contributed by atoms with Gasteiger partial charge in [-0.15, -0.1) is 0 Å². The molecule has 2 aromatic rings. The third-order valence-electron chi connectivity index (χ3n) is 4.04. The van der Waals surface area contributed by atoms with Gasteiger partial charge in [0.05, 0.1) is 0 Å². The standard InChI is InChI=1S/C16H20N2O/c1-17-11-8-14-12-13(4-6-15(14)17)5-7-16(19)18-9-2-3-10-18/h4,6,8,11-12H,2-3,5,7,9-10H2,1H3. The zero-order chi connectivity index (χ0) is 13.2. The minimum absolute atomic E-state index is 0.311. The molecule has 100 valence electrons. The maximum Gasteiger partial charge on any atom is 0.222 e. The predicted molar refractivity (Wildman–Crippen MR) is 77.1 cm³/mol. The molecule has 0 atom stereocenters. The van der Waals surface area contributed by atoms with Crippen molar-refractivity contribution in [3.8, 4) is 0 Å². The molecule has 1 saturated heterocycles. The summed E-state index contributed by atoms with van der Waals surface area (Å²) in [5.41, 5.74) is 2.50. The number of nitrogens with zero attached hydrogens (tertiary/aromatic N) is 2. The molecule has 0 unspecified atom stereocenters. The maximum atomic E-state index is 12.0. The number of carbonyl (C=O) groups excluding carboxylic acids is 1. The molecule has 0 saturated carbocycles. The second kappa shape index (κ2) is 5.08. The Hall–Kier alpha value is -1.77. The number of hydrogen-bond donors (Lipinski definition) is 0. The molecule has 1 fully saturated rings. The lowest BCUT2D eigenvalue weighted by atomic mass is 10.1. The predicted octanol–water partition coefficient (Wildman–Crippen LogP) is 2.73. The van der Waals surface area contributed by atoms with Gasteiger partial charge in [0.15, 0.2) is 0 Å². The number of rotatable bonds is 3. The smallest absolute Gasteiger partial charge is 0.222 e. The molecule has 0 spiro atoms. The molecule has 19 heavy (non-hydrogen) atoms. The van der Waals surface area contributed by atoms with Crippen molar-refractivity contribution < 1.29 is 4.79 Å². The van der Waals surface area contributed by atoms with Crippen molar-refractivity contribution in [3.63, 3.8) is 0 Å². The van der Waals surface area contributed by atoms with E-state index in [-0.39, 0.29) is 0 Å². The van der Waals surface area contributed by atoms with E-state index in [1.165, 1.54) is 29.3 Å². The van der Waals surface area contributed by atoms with Gasteiger partial charge in [-0.05, 0) is 48.4 Å². The van der Waals surface area contributed by atoms with E-state index < -0.39 is 0 Å². The van der Waals surface area contributed by atoms with E-state index in [2.05, 4.69) is 42.1 Å². The van der Waals surface area contributed by atoms with E-state index in [4.69, 9.17) is 0 Å². The zero-order valence-corrected chi connectivity index (χ0v) is 11.4. The number of aryl methyl sites for hydroxylation is 2. The van der Waals surface area contributed by atoms with Crippen molar-refractivity contribution in [1.29, 1.82) is 0 Å². The van der Waals surface area contributed by atoms with Crippen LogP contribution in [0.1, 0.15) is 24.8 Å². The first-order chi connectivity index (χ1) is 9.24. The number of benzene rings is 1. The minimum atomic E-state index is 0.311. The molecule has 1 aromatic heterocycles. The average molecular weight is 256 g/mol. The molecule has 1 aliphatic heterocycles. The molecule has 2 heterocycles. The molecule has 3 heteroatoms. The maximum absolute atomic E-state index is 12.0. The summed E-state index contributed by atoms with van der Waals surface area (Å²) in [6.07, 6.45) is 5.89. The zero-order valence-electron chi connectivity index (χ0n) is 11.4. The van der Waals surface area contributed by atoms with Gasteiger partial charge in [-0.2, -0.15) is 0 Å². The molecule has 0 aliphatic carbocycles. The third kappa shape index (κ3) is 2.50. The van der Waals surface area contributed by atoms with Crippen molar-refractivity contribution in [2.45, 2.75) is 25.7 Å². The number of carbonyl (C=O) groups is 1. The van der Waals surface area contributed by atoms with Gasteiger partial charge >= 0.3 is 0 Å². The van der Waals surface area contributed by atoms with Crippen LogP contribution in [-0.2, 0) is 18.3 Å². The Morgan fingerprint density at radius 2 is 2.00 bits per heavy atom. The first-order valence-corrected chi connectivity index (χ1v) is 7.06. The van der Waals surface area contributed by atoms with E-state index >= 15 is 0 Å². The van der Waals surface area contributed by atoms with E-state index in [1.807, 2.05) is 4.90 Å². The van der Waals surface area contributed by atoms with Crippen LogP contribution in [0.5, 0.6) is 0 Å². The molecular weight excluding hydrogens is 236 g/mol. The highest BCUT2D eigenvalue weighted by Gasteiger charge is 2.17. The highest BCUT2D eigenvalue weighted by Crippen LogP contribution is 2.18. The van der Waals surface area contributed by atoms with Crippen molar-refractivity contribution in [1.82, 2.24) is 9.47 Å². The summed E-state index contributed by atoms with van der Waals surface area (Å²) in [5.74, 6) is 0.311. The molecule has 0 N–H and O–H groups in total. The molecule has 0 bridgehead atoms. The summed E-state index contributed by atoms with van der Waals surface area (Å²) in [7, 11) is 2.05. The number of fused-ring (bicyclic) bond motifs is 1. The first kappa shape index (κ1) is 12.3. The Balaban J connectivity index is 1.66. The molecule has 1 aromatic carbocycles. The SMILES string of the molecule is Cn1ccc2cc(CCC(=O)N3CCCC3)ccc21. The van der Waals surface area contributed by atoms with Gasteiger partial charge in [0.1, 0.15) is 0 Å². The molecule has 3 rings (SSSR count). The molecule has 0 radical (unpaired) electrons. The van der Waals surface area contributed by atoms with E-state index in [0.717, 1.165) is 19.5 Å². The van der Waals surface area contributed by atoms with Gasteiger partial charge in [-0.25, -0.2) is 0 Å². The van der Waals surface area contributed by atoms with Gasteiger partial charge < -0.3 is 9.47 Å². The minimum Gasteiger partial charge on any atom is -0.351 e. The van der Waals surface area contributed by atoms with Crippen molar-refractivity contribution in [3.05, 3.63) is 36.0 Å². The summed E-state index contributed by atoms with van der Waals surface area (Å²) in [6.45, 7) is 1.91. The first-order valence-electron chi connectivity index (χ1n) is 7.06. The average Bonchev–Trinajstić information content (AvgIpc) is 3.06. The number of hydrogen-bond acceptors (Lipinski definition) is 1. The summed E-state index contributed by atoms with van der Waals surface area (Å²) in [6, 6.07) is 8.61. The van der Waals surface area contributed by atoms with Crippen LogP contribution in [0.4, 0.5) is 0 Å². The summed E-state index contributed by atoms with van der Waals surface area (Å²) < 4.78 is 2.12. The van der Waals surface area contributed by atoms with E-state index in [0.29, 0.717) is 12.3 Å².